The summed E-state index contributed by atoms with van der Waals surface area (Å²) in [7, 11) is 1.66. The number of methoxy groups -OCH3 is 1. The van der Waals surface area contributed by atoms with Crippen molar-refractivity contribution in [3.63, 3.8) is 0 Å². The molecule has 0 bridgehead atoms. The molecule has 2 rings (SSSR count). The third-order valence-electron chi connectivity index (χ3n) is 2.03. The Morgan fingerprint density at radius 1 is 0.833 bits per heavy atom. The Morgan fingerprint density at radius 3 is 1.61 bits per heavy atom. The van der Waals surface area contributed by atoms with Crippen molar-refractivity contribution in [2.45, 2.75) is 13.2 Å². The van der Waals surface area contributed by atoms with Crippen LogP contribution in [0.15, 0.2) is 60.7 Å². The number of rotatable bonds is 3. The van der Waals surface area contributed by atoms with E-state index in [4.69, 9.17) is 14.6 Å². The third kappa shape index (κ3) is 5.92. The van der Waals surface area contributed by atoms with E-state index in [0.29, 0.717) is 5.75 Å². The zero-order chi connectivity index (χ0) is 13.2. The summed E-state index contributed by atoms with van der Waals surface area (Å²) in [4.78, 5) is 0. The fraction of sp³-hybridized carbons (Fsp3) is 0.200. The lowest BCUT2D eigenvalue weighted by atomic mass is 10.3. The fourth-order valence-electron chi connectivity index (χ4n) is 1.25. The normalized spacial score (nSPS) is 10.8. The number of hydrogen-bond donors (Lipinski definition) is 1. The zero-order valence-electron chi connectivity index (χ0n) is 10.6. The molecule has 3 nitrogen and oxygen atoms in total. The van der Waals surface area contributed by atoms with E-state index in [-0.39, 0.29) is 0 Å². The molecule has 1 N–H and O–H groups in total. The second-order valence-electron chi connectivity index (χ2n) is 3.55. The lowest BCUT2D eigenvalue weighted by Gasteiger charge is -2.06. The van der Waals surface area contributed by atoms with Crippen LogP contribution in [0.25, 0.3) is 0 Å². The molecule has 96 valence electrons. The molecule has 3 heteroatoms. The van der Waals surface area contributed by atoms with Gasteiger partial charge in [-0.3, -0.25) is 0 Å². The molecule has 0 aliphatic heterocycles. The van der Waals surface area contributed by atoms with Crippen LogP contribution < -0.4 is 9.47 Å². The number of benzene rings is 2. The van der Waals surface area contributed by atoms with Crippen molar-refractivity contribution in [2.75, 3.05) is 7.11 Å². The Labute approximate surface area is 108 Å². The van der Waals surface area contributed by atoms with Crippen molar-refractivity contribution in [1.82, 2.24) is 0 Å². The van der Waals surface area contributed by atoms with E-state index in [2.05, 4.69) is 0 Å². The minimum Gasteiger partial charge on any atom is -0.497 e. The van der Waals surface area contributed by atoms with E-state index in [9.17, 15) is 0 Å². The van der Waals surface area contributed by atoms with E-state index >= 15 is 0 Å². The van der Waals surface area contributed by atoms with E-state index in [1.807, 2.05) is 48.5 Å². The zero-order valence-corrected chi connectivity index (χ0v) is 10.6. The highest BCUT2D eigenvalue weighted by Gasteiger charge is 1.94. The van der Waals surface area contributed by atoms with Gasteiger partial charge in [0, 0.05) is 0 Å². The van der Waals surface area contributed by atoms with E-state index in [1.165, 1.54) is 0 Å². The highest BCUT2D eigenvalue weighted by molar-refractivity contribution is 5.21. The molecule has 0 fully saturated rings. The van der Waals surface area contributed by atoms with Gasteiger partial charge in [0.25, 0.3) is 0 Å². The Bertz CT molecular complexity index is 412. The average molecular weight is 246 g/mol. The summed E-state index contributed by atoms with van der Waals surface area (Å²) >= 11 is 0. The number of para-hydroxylation sites is 2. The third-order valence-corrected chi connectivity index (χ3v) is 2.03. The Morgan fingerprint density at radius 2 is 1.28 bits per heavy atom. The lowest BCUT2D eigenvalue weighted by molar-refractivity contribution is -0.000287. The van der Waals surface area contributed by atoms with Gasteiger partial charge in [-0.05, 0) is 31.2 Å². The molecule has 0 aromatic heterocycles. The fourth-order valence-corrected chi connectivity index (χ4v) is 1.25. The van der Waals surface area contributed by atoms with Gasteiger partial charge in [-0.25, -0.2) is 0 Å². The molecule has 0 radical (unpaired) electrons. The van der Waals surface area contributed by atoms with Crippen LogP contribution in [-0.4, -0.2) is 18.5 Å². The molecular weight excluding hydrogens is 228 g/mol. The largest absolute Gasteiger partial charge is 0.497 e. The summed E-state index contributed by atoms with van der Waals surface area (Å²) in [5.74, 6) is 1.60. The highest BCUT2D eigenvalue weighted by atomic mass is 16.6. The molecule has 2 aromatic carbocycles. The van der Waals surface area contributed by atoms with Crippen LogP contribution in [0.2, 0.25) is 0 Å². The first kappa shape index (κ1) is 14.1. The first-order valence-electron chi connectivity index (χ1n) is 5.71. The van der Waals surface area contributed by atoms with Crippen LogP contribution in [-0.2, 0) is 0 Å². The molecule has 2 aromatic rings. The van der Waals surface area contributed by atoms with Crippen LogP contribution in [0.3, 0.4) is 0 Å². The Kier molecular flexibility index (Phi) is 6.36. The van der Waals surface area contributed by atoms with Crippen molar-refractivity contribution < 1.29 is 14.6 Å². The monoisotopic (exact) mass is 246 g/mol. The molecule has 0 aliphatic carbocycles. The average Bonchev–Trinajstić information content (AvgIpc) is 2.41. The van der Waals surface area contributed by atoms with Crippen LogP contribution in [0, 0.1) is 0 Å². The highest BCUT2D eigenvalue weighted by Crippen LogP contribution is 2.09. The molecule has 0 amide bonds. The lowest BCUT2D eigenvalue weighted by Crippen LogP contribution is -2.08. The SMILES string of the molecule is CC(O)Oc1ccccc1.COc1ccccc1. The summed E-state index contributed by atoms with van der Waals surface area (Å²) in [5, 5.41) is 8.78. The van der Waals surface area contributed by atoms with Crippen molar-refractivity contribution >= 4 is 0 Å². The van der Waals surface area contributed by atoms with Crippen molar-refractivity contribution in [1.29, 1.82) is 0 Å². The maximum atomic E-state index is 8.78. The van der Waals surface area contributed by atoms with Gasteiger partial charge in [-0.1, -0.05) is 36.4 Å². The first-order valence-corrected chi connectivity index (χ1v) is 5.71. The smallest absolute Gasteiger partial charge is 0.194 e. The molecule has 0 heterocycles. The van der Waals surface area contributed by atoms with E-state index in [0.717, 1.165) is 5.75 Å². The van der Waals surface area contributed by atoms with E-state index < -0.39 is 6.29 Å². The maximum absolute atomic E-state index is 8.78. The van der Waals surface area contributed by atoms with Gasteiger partial charge in [0.1, 0.15) is 11.5 Å². The predicted octanol–water partition coefficient (Wildman–Crippen LogP) is 3.10. The standard InChI is InChI=1S/C8H10O2.C7H8O/c1-7(9)10-8-5-3-2-4-6-8;1-8-7-5-3-2-4-6-7/h2-7,9H,1H3;2-6H,1H3. The number of ether oxygens (including phenoxy) is 2. The first-order chi connectivity index (χ1) is 8.72. The number of hydrogen-bond acceptors (Lipinski definition) is 3. The number of aliphatic hydroxyl groups excluding tert-OH is 1. The second-order valence-corrected chi connectivity index (χ2v) is 3.55. The molecule has 18 heavy (non-hydrogen) atoms. The maximum Gasteiger partial charge on any atom is 0.194 e. The van der Waals surface area contributed by atoms with Gasteiger partial charge in [-0.15, -0.1) is 0 Å². The minimum atomic E-state index is -0.734. The van der Waals surface area contributed by atoms with Gasteiger partial charge >= 0.3 is 0 Å². The Hall–Kier alpha value is -2.00. The summed E-state index contributed by atoms with van der Waals surface area (Å²) in [5.41, 5.74) is 0. The Balaban J connectivity index is 0.000000184. The van der Waals surface area contributed by atoms with Crippen LogP contribution >= 0.6 is 0 Å². The van der Waals surface area contributed by atoms with Crippen LogP contribution in [0.5, 0.6) is 11.5 Å². The molecule has 0 spiro atoms. The van der Waals surface area contributed by atoms with Crippen molar-refractivity contribution in [3.05, 3.63) is 60.7 Å². The number of aliphatic hydroxyl groups is 1. The molecule has 0 saturated carbocycles. The van der Waals surface area contributed by atoms with Gasteiger partial charge < -0.3 is 14.6 Å². The van der Waals surface area contributed by atoms with Gasteiger partial charge in [0.15, 0.2) is 6.29 Å². The van der Waals surface area contributed by atoms with Gasteiger partial charge in [-0.2, -0.15) is 0 Å². The summed E-state index contributed by atoms with van der Waals surface area (Å²) in [6, 6.07) is 18.9. The molecule has 1 atom stereocenters. The van der Waals surface area contributed by atoms with Crippen LogP contribution in [0.1, 0.15) is 6.92 Å². The summed E-state index contributed by atoms with van der Waals surface area (Å²) in [6.45, 7) is 1.58. The summed E-state index contributed by atoms with van der Waals surface area (Å²) in [6.07, 6.45) is -0.734. The molecule has 0 aliphatic rings. The van der Waals surface area contributed by atoms with Crippen molar-refractivity contribution in [3.8, 4) is 11.5 Å². The second kappa shape index (κ2) is 8.14. The molecule has 0 saturated heterocycles. The van der Waals surface area contributed by atoms with Crippen molar-refractivity contribution in [2.24, 2.45) is 0 Å². The van der Waals surface area contributed by atoms with Gasteiger partial charge in [0.2, 0.25) is 0 Å². The minimum absolute atomic E-state index is 0.692. The predicted molar refractivity (Wildman–Crippen MR) is 71.7 cm³/mol. The van der Waals surface area contributed by atoms with Gasteiger partial charge in [0.05, 0.1) is 7.11 Å². The topological polar surface area (TPSA) is 38.7 Å². The van der Waals surface area contributed by atoms with E-state index in [1.54, 1.807) is 26.2 Å². The summed E-state index contributed by atoms with van der Waals surface area (Å²) < 4.78 is 9.88. The molecular formula is C15H18O3. The quantitative estimate of drug-likeness (QED) is 0.846. The molecule has 1 unspecified atom stereocenters. The van der Waals surface area contributed by atoms with Crippen LogP contribution in [0.4, 0.5) is 0 Å².